The van der Waals surface area contributed by atoms with Gasteiger partial charge >= 0.3 is 11.8 Å². The number of benzene rings is 1. The number of piperazine rings is 1. The minimum Gasteiger partial charge on any atom is -0.376 e. The van der Waals surface area contributed by atoms with Gasteiger partial charge in [-0.2, -0.15) is 0 Å². The maximum atomic E-state index is 12.7. The second kappa shape index (κ2) is 8.02. The molecule has 1 aromatic carbocycles. The average Bonchev–Trinajstić information content (AvgIpc) is 3.40. The Morgan fingerprint density at radius 3 is 2.57 bits per heavy atom. The van der Waals surface area contributed by atoms with Crippen molar-refractivity contribution in [3.05, 3.63) is 36.0 Å². The number of hydrogen-bond donors (Lipinski definition) is 2. The minimum absolute atomic E-state index is 0.00234. The molecule has 3 heterocycles. The van der Waals surface area contributed by atoms with Crippen LogP contribution in [0.2, 0.25) is 0 Å². The third kappa shape index (κ3) is 3.87. The number of aromatic nitrogens is 1. The molecule has 0 saturated carbocycles. The summed E-state index contributed by atoms with van der Waals surface area (Å²) in [5, 5.41) is 3.64. The molecule has 1 unspecified atom stereocenters. The molecule has 0 spiro atoms. The molecule has 28 heavy (non-hydrogen) atoms. The van der Waals surface area contributed by atoms with E-state index in [2.05, 4.69) is 10.3 Å². The fourth-order valence-corrected chi connectivity index (χ4v) is 3.70. The lowest BCUT2D eigenvalue weighted by Gasteiger charge is -2.34. The Bertz CT molecular complexity index is 846. The summed E-state index contributed by atoms with van der Waals surface area (Å²) in [5.74, 6) is -1.24. The number of rotatable bonds is 3. The predicted molar refractivity (Wildman–Crippen MR) is 103 cm³/mol. The second-order valence-electron chi connectivity index (χ2n) is 7.20. The standard InChI is InChI=1S/C20H24N4O4/c25-18(21-13-15-5-3-11-28-15)20(27)24-9-7-23(8-10-24)19(26)17-12-14-4-1-2-6-16(14)22-17/h1-2,4,6,12,15,22H,3,5,7-11,13H2,(H,21,25). The SMILES string of the molecule is O=C(NCC1CCCO1)C(=O)N1CCN(C(=O)c2cc3ccccc3[nH]2)CC1. The highest BCUT2D eigenvalue weighted by molar-refractivity contribution is 6.35. The van der Waals surface area contributed by atoms with Gasteiger partial charge in [0.1, 0.15) is 5.69 Å². The summed E-state index contributed by atoms with van der Waals surface area (Å²) in [5.41, 5.74) is 1.46. The number of ether oxygens (including phenoxy) is 1. The van der Waals surface area contributed by atoms with Crippen LogP contribution in [0.25, 0.3) is 10.9 Å². The monoisotopic (exact) mass is 384 g/mol. The molecule has 2 aliphatic heterocycles. The van der Waals surface area contributed by atoms with Crippen LogP contribution in [-0.2, 0) is 14.3 Å². The molecule has 0 bridgehead atoms. The highest BCUT2D eigenvalue weighted by Crippen LogP contribution is 2.17. The van der Waals surface area contributed by atoms with Gasteiger partial charge in [-0.1, -0.05) is 18.2 Å². The third-order valence-corrected chi connectivity index (χ3v) is 5.32. The van der Waals surface area contributed by atoms with Crippen LogP contribution in [-0.4, -0.2) is 77.9 Å². The van der Waals surface area contributed by atoms with Crippen molar-refractivity contribution < 1.29 is 19.1 Å². The lowest BCUT2D eigenvalue weighted by atomic mass is 10.2. The topological polar surface area (TPSA) is 94.7 Å². The summed E-state index contributed by atoms with van der Waals surface area (Å²) in [4.78, 5) is 43.5. The lowest BCUT2D eigenvalue weighted by Crippen LogP contribution is -2.54. The summed E-state index contributed by atoms with van der Waals surface area (Å²) in [6.07, 6.45) is 1.90. The fourth-order valence-electron chi connectivity index (χ4n) is 3.70. The smallest absolute Gasteiger partial charge is 0.312 e. The molecular weight excluding hydrogens is 360 g/mol. The van der Waals surface area contributed by atoms with Crippen molar-refractivity contribution in [1.82, 2.24) is 20.1 Å². The summed E-state index contributed by atoms with van der Waals surface area (Å²) < 4.78 is 5.45. The Balaban J connectivity index is 1.29. The van der Waals surface area contributed by atoms with Crippen LogP contribution in [0, 0.1) is 0 Å². The van der Waals surface area contributed by atoms with Gasteiger partial charge in [-0.25, -0.2) is 0 Å². The first-order valence-corrected chi connectivity index (χ1v) is 9.67. The molecule has 8 heteroatoms. The summed E-state index contributed by atoms with van der Waals surface area (Å²) in [7, 11) is 0. The highest BCUT2D eigenvalue weighted by Gasteiger charge is 2.29. The van der Waals surface area contributed by atoms with E-state index in [9.17, 15) is 14.4 Å². The molecule has 2 saturated heterocycles. The Morgan fingerprint density at radius 2 is 1.86 bits per heavy atom. The van der Waals surface area contributed by atoms with Crippen molar-refractivity contribution >= 4 is 28.6 Å². The van der Waals surface area contributed by atoms with E-state index >= 15 is 0 Å². The second-order valence-corrected chi connectivity index (χ2v) is 7.20. The van der Waals surface area contributed by atoms with Crippen LogP contribution in [0.15, 0.2) is 30.3 Å². The van der Waals surface area contributed by atoms with E-state index in [4.69, 9.17) is 4.74 Å². The van der Waals surface area contributed by atoms with Crippen LogP contribution in [0.5, 0.6) is 0 Å². The van der Waals surface area contributed by atoms with Crippen LogP contribution >= 0.6 is 0 Å². The number of aromatic amines is 1. The number of hydrogen-bond acceptors (Lipinski definition) is 4. The van der Waals surface area contributed by atoms with Gasteiger partial charge < -0.3 is 24.8 Å². The third-order valence-electron chi connectivity index (χ3n) is 5.32. The van der Waals surface area contributed by atoms with E-state index in [1.807, 2.05) is 30.3 Å². The minimum atomic E-state index is -0.606. The van der Waals surface area contributed by atoms with Crippen molar-refractivity contribution in [3.63, 3.8) is 0 Å². The number of nitrogens with one attached hydrogen (secondary N) is 2. The quantitative estimate of drug-likeness (QED) is 0.764. The van der Waals surface area contributed by atoms with Gasteiger partial charge in [0.15, 0.2) is 0 Å². The van der Waals surface area contributed by atoms with Crippen molar-refractivity contribution in [2.45, 2.75) is 18.9 Å². The van der Waals surface area contributed by atoms with Gasteiger partial charge in [-0.3, -0.25) is 14.4 Å². The lowest BCUT2D eigenvalue weighted by molar-refractivity contribution is -0.147. The number of carbonyl (C=O) groups is 3. The van der Waals surface area contributed by atoms with Crippen molar-refractivity contribution in [3.8, 4) is 0 Å². The zero-order chi connectivity index (χ0) is 19.5. The first-order valence-electron chi connectivity index (χ1n) is 9.67. The van der Waals surface area contributed by atoms with Gasteiger partial charge in [0.05, 0.1) is 6.10 Å². The summed E-state index contributed by atoms with van der Waals surface area (Å²) in [6.45, 7) is 2.57. The van der Waals surface area contributed by atoms with Crippen LogP contribution < -0.4 is 5.32 Å². The van der Waals surface area contributed by atoms with E-state index in [1.54, 1.807) is 4.90 Å². The molecule has 3 amide bonds. The van der Waals surface area contributed by atoms with Gasteiger partial charge in [-0.15, -0.1) is 0 Å². The molecule has 0 radical (unpaired) electrons. The number of fused-ring (bicyclic) bond motifs is 1. The molecule has 2 N–H and O–H groups in total. The Morgan fingerprint density at radius 1 is 1.11 bits per heavy atom. The molecule has 2 aromatic rings. The molecule has 1 aromatic heterocycles. The molecule has 2 aliphatic rings. The Kier molecular flexibility index (Phi) is 5.29. The van der Waals surface area contributed by atoms with E-state index in [1.165, 1.54) is 4.90 Å². The van der Waals surface area contributed by atoms with Crippen molar-refractivity contribution in [2.24, 2.45) is 0 Å². The van der Waals surface area contributed by atoms with Gasteiger partial charge in [0, 0.05) is 50.2 Å². The fraction of sp³-hybridized carbons (Fsp3) is 0.450. The Hall–Kier alpha value is -2.87. The van der Waals surface area contributed by atoms with Crippen molar-refractivity contribution in [2.75, 3.05) is 39.3 Å². The van der Waals surface area contributed by atoms with Crippen LogP contribution in [0.3, 0.4) is 0 Å². The number of carbonyl (C=O) groups excluding carboxylic acids is 3. The number of nitrogens with zero attached hydrogens (tertiary/aromatic N) is 2. The molecule has 4 rings (SSSR count). The maximum absolute atomic E-state index is 12.7. The predicted octanol–water partition coefficient (Wildman–Crippen LogP) is 0.747. The van der Waals surface area contributed by atoms with Gasteiger partial charge in [0.2, 0.25) is 0 Å². The highest BCUT2D eigenvalue weighted by atomic mass is 16.5. The zero-order valence-corrected chi connectivity index (χ0v) is 15.6. The average molecular weight is 384 g/mol. The van der Waals surface area contributed by atoms with Gasteiger partial charge in [0.25, 0.3) is 5.91 Å². The summed E-state index contributed by atoms with van der Waals surface area (Å²) >= 11 is 0. The molecule has 2 fully saturated rings. The van der Waals surface area contributed by atoms with Crippen LogP contribution in [0.1, 0.15) is 23.3 Å². The van der Waals surface area contributed by atoms with E-state index in [0.717, 1.165) is 23.7 Å². The number of para-hydroxylation sites is 1. The largest absolute Gasteiger partial charge is 0.376 e. The van der Waals surface area contributed by atoms with Gasteiger partial charge in [-0.05, 0) is 25.0 Å². The first-order chi connectivity index (χ1) is 13.6. The zero-order valence-electron chi connectivity index (χ0n) is 15.6. The molecule has 148 valence electrons. The molecule has 0 aliphatic carbocycles. The van der Waals surface area contributed by atoms with E-state index < -0.39 is 11.8 Å². The van der Waals surface area contributed by atoms with E-state index in [-0.39, 0.29) is 12.0 Å². The summed E-state index contributed by atoms with van der Waals surface area (Å²) in [6, 6.07) is 9.57. The number of amides is 3. The molecule has 8 nitrogen and oxygen atoms in total. The van der Waals surface area contributed by atoms with Crippen LogP contribution in [0.4, 0.5) is 0 Å². The van der Waals surface area contributed by atoms with E-state index in [0.29, 0.717) is 45.0 Å². The Labute approximate surface area is 162 Å². The first kappa shape index (κ1) is 18.5. The van der Waals surface area contributed by atoms with Crippen molar-refractivity contribution in [1.29, 1.82) is 0 Å². The number of H-pyrrole nitrogens is 1. The molecular formula is C20H24N4O4. The maximum Gasteiger partial charge on any atom is 0.312 e. The molecule has 1 atom stereocenters. The normalized spacial score (nSPS) is 19.8.